The highest BCUT2D eigenvalue weighted by Crippen LogP contribution is 2.15. The Labute approximate surface area is 190 Å². The van der Waals surface area contributed by atoms with Crippen LogP contribution in [0, 0.1) is 17.2 Å². The molecule has 0 saturated carbocycles. The Morgan fingerprint density at radius 2 is 1.62 bits per heavy atom. The number of likely N-dealkylation sites (N-methyl/N-ethyl adjacent to an activating group) is 1. The van der Waals surface area contributed by atoms with Crippen LogP contribution in [0.5, 0.6) is 0 Å². The van der Waals surface area contributed by atoms with E-state index in [0.717, 1.165) is 0 Å². The number of hydrogen-bond donors (Lipinski definition) is 3. The molecule has 0 aromatic heterocycles. The minimum absolute atomic E-state index is 0.0504. The summed E-state index contributed by atoms with van der Waals surface area (Å²) in [5.74, 6) is -2.71. The van der Waals surface area contributed by atoms with Crippen LogP contribution in [0.4, 0.5) is 0 Å². The molecule has 0 aliphatic rings. The Morgan fingerprint density at radius 1 is 1.03 bits per heavy atom. The summed E-state index contributed by atoms with van der Waals surface area (Å²) in [6, 6.07) is -2.84. The monoisotopic (exact) mass is 454 g/mol. The van der Waals surface area contributed by atoms with E-state index in [1.54, 1.807) is 20.8 Å². The summed E-state index contributed by atoms with van der Waals surface area (Å²) in [7, 11) is 1.45. The predicted molar refractivity (Wildman–Crippen MR) is 120 cm³/mol. The first-order chi connectivity index (χ1) is 14.8. The Kier molecular flexibility index (Phi) is 13.1. The molecule has 0 radical (unpaired) electrons. The normalized spacial score (nSPS) is 13.7. The number of nitrogens with one attached hydrogen (secondary N) is 3. The van der Waals surface area contributed by atoms with E-state index in [1.807, 2.05) is 13.8 Å². The second kappa shape index (κ2) is 14.3. The van der Waals surface area contributed by atoms with Gasteiger partial charge in [-0.05, 0) is 31.6 Å². The van der Waals surface area contributed by atoms with Gasteiger partial charge in [0.2, 0.25) is 17.7 Å². The van der Waals surface area contributed by atoms with Crippen molar-refractivity contribution in [2.45, 2.75) is 78.9 Å². The summed E-state index contributed by atoms with van der Waals surface area (Å²) >= 11 is 0. The van der Waals surface area contributed by atoms with Crippen LogP contribution in [0.2, 0.25) is 0 Å². The molecule has 1 unspecified atom stereocenters. The van der Waals surface area contributed by atoms with Gasteiger partial charge in [0.1, 0.15) is 18.1 Å². The van der Waals surface area contributed by atoms with Crippen LogP contribution in [0.15, 0.2) is 0 Å². The summed E-state index contributed by atoms with van der Waals surface area (Å²) in [6.45, 7) is 10.5. The van der Waals surface area contributed by atoms with E-state index in [9.17, 15) is 24.0 Å². The predicted octanol–water partition coefficient (Wildman–Crippen LogP) is 1.07. The van der Waals surface area contributed by atoms with Crippen LogP contribution in [-0.4, -0.2) is 72.4 Å². The fraction of sp³-hybridized carbons (Fsp3) is 0.727. The zero-order valence-corrected chi connectivity index (χ0v) is 20.2. The third-order valence-corrected chi connectivity index (χ3v) is 4.78. The van der Waals surface area contributed by atoms with Crippen LogP contribution in [0.1, 0.15) is 60.8 Å². The van der Waals surface area contributed by atoms with Crippen molar-refractivity contribution in [3.63, 3.8) is 0 Å². The van der Waals surface area contributed by atoms with Gasteiger partial charge < -0.3 is 25.7 Å². The van der Waals surface area contributed by atoms with Gasteiger partial charge in [0, 0.05) is 20.4 Å². The Bertz CT molecular complexity index is 692. The van der Waals surface area contributed by atoms with E-state index in [-0.39, 0.29) is 37.2 Å². The second-order valence-corrected chi connectivity index (χ2v) is 8.48. The maximum Gasteiger partial charge on any atom is 0.329 e. The maximum absolute atomic E-state index is 13.2. The number of carbonyl (C=O) groups excluding carboxylic acids is 5. The van der Waals surface area contributed by atoms with E-state index in [1.165, 1.54) is 18.9 Å². The lowest BCUT2D eigenvalue weighted by atomic mass is 9.99. The Hall–Kier alpha value is -2.78. The minimum atomic E-state index is -1.12. The van der Waals surface area contributed by atoms with Gasteiger partial charge in [-0.25, -0.2) is 4.79 Å². The van der Waals surface area contributed by atoms with Crippen molar-refractivity contribution in [1.29, 1.82) is 5.41 Å². The quantitative estimate of drug-likeness (QED) is 0.264. The molecule has 3 N–H and O–H groups in total. The van der Waals surface area contributed by atoms with Crippen LogP contribution in [0.3, 0.4) is 0 Å². The van der Waals surface area contributed by atoms with Crippen LogP contribution in [0.25, 0.3) is 0 Å². The molecule has 0 bridgehead atoms. The summed E-state index contributed by atoms with van der Waals surface area (Å²) < 4.78 is 5.09. The molecule has 10 nitrogen and oxygen atoms in total. The van der Waals surface area contributed by atoms with Crippen molar-refractivity contribution in [2.75, 3.05) is 13.7 Å². The minimum Gasteiger partial charge on any atom is -0.464 e. The molecule has 3 amide bonds. The number of ether oxygens (including phenoxy) is 1. The largest absolute Gasteiger partial charge is 0.464 e. The number of Topliss-reactive ketones (excluding diaryl/α,β-unsaturated/α-hetero) is 1. The van der Waals surface area contributed by atoms with Crippen molar-refractivity contribution in [3.8, 4) is 0 Å². The third kappa shape index (κ3) is 10.0. The maximum atomic E-state index is 13.2. The number of rotatable bonds is 14. The molecule has 0 rings (SSSR count). The first kappa shape index (κ1) is 29.2. The molecular formula is C22H38N4O6. The average molecular weight is 455 g/mol. The van der Waals surface area contributed by atoms with Crippen LogP contribution in [-0.2, 0) is 28.7 Å². The second-order valence-electron chi connectivity index (χ2n) is 8.48. The summed E-state index contributed by atoms with van der Waals surface area (Å²) in [6.07, 6.45) is 0.834. The number of amides is 3. The zero-order valence-electron chi connectivity index (χ0n) is 20.2. The van der Waals surface area contributed by atoms with Gasteiger partial charge in [-0.2, -0.15) is 0 Å². The van der Waals surface area contributed by atoms with Crippen molar-refractivity contribution in [3.05, 3.63) is 0 Å². The van der Waals surface area contributed by atoms with Gasteiger partial charge in [-0.15, -0.1) is 0 Å². The molecule has 0 aromatic rings. The van der Waals surface area contributed by atoms with E-state index < -0.39 is 41.7 Å². The fourth-order valence-corrected chi connectivity index (χ4v) is 3.32. The molecule has 10 heteroatoms. The van der Waals surface area contributed by atoms with Crippen molar-refractivity contribution < 1.29 is 28.7 Å². The van der Waals surface area contributed by atoms with Gasteiger partial charge >= 0.3 is 5.97 Å². The summed E-state index contributed by atoms with van der Waals surface area (Å²) in [5, 5.41) is 12.3. The highest BCUT2D eigenvalue weighted by atomic mass is 16.5. The molecule has 182 valence electrons. The van der Waals surface area contributed by atoms with E-state index >= 15 is 0 Å². The van der Waals surface area contributed by atoms with Gasteiger partial charge in [0.15, 0.2) is 5.78 Å². The number of ketones is 1. The number of carbonyl (C=O) groups is 5. The molecule has 32 heavy (non-hydrogen) atoms. The molecule has 0 fully saturated rings. The molecule has 0 aromatic carbocycles. The fourth-order valence-electron chi connectivity index (χ4n) is 3.32. The van der Waals surface area contributed by atoms with Crippen molar-refractivity contribution in [2.24, 2.45) is 11.8 Å². The molecule has 0 saturated heterocycles. The summed E-state index contributed by atoms with van der Waals surface area (Å²) in [5.41, 5.74) is 0. The lowest BCUT2D eigenvalue weighted by molar-refractivity contribution is -0.156. The average Bonchev–Trinajstić information content (AvgIpc) is 2.68. The summed E-state index contributed by atoms with van der Waals surface area (Å²) in [4.78, 5) is 62.9. The highest BCUT2D eigenvalue weighted by molar-refractivity contribution is 6.26. The molecule has 0 aliphatic carbocycles. The van der Waals surface area contributed by atoms with E-state index in [0.29, 0.717) is 12.6 Å². The first-order valence-corrected chi connectivity index (χ1v) is 10.9. The van der Waals surface area contributed by atoms with Gasteiger partial charge in [-0.3, -0.25) is 19.2 Å². The zero-order chi connectivity index (χ0) is 25.0. The number of hydrogen-bond acceptors (Lipinski definition) is 7. The van der Waals surface area contributed by atoms with Gasteiger partial charge in [0.25, 0.3) is 0 Å². The lowest BCUT2D eigenvalue weighted by Gasteiger charge is -2.33. The molecule has 0 spiro atoms. The molecular weight excluding hydrogens is 416 g/mol. The third-order valence-electron chi connectivity index (χ3n) is 4.78. The highest BCUT2D eigenvalue weighted by Gasteiger charge is 2.35. The van der Waals surface area contributed by atoms with Crippen molar-refractivity contribution >= 4 is 35.7 Å². The molecule has 0 heterocycles. The van der Waals surface area contributed by atoms with Crippen LogP contribution >= 0.6 is 0 Å². The van der Waals surface area contributed by atoms with E-state index in [4.69, 9.17) is 10.1 Å². The molecule has 3 atom stereocenters. The standard InChI is InChI=1S/C22H38N4O6/c1-8-32-22(31)19(14(4)5)26(7)21(30)17(10-9-16(28)12-23)25-20(29)18(11-13(2)3)24-15(6)27/h12-14,17-19,23H,8-11H2,1-7H3,(H,24,27)(H,25,29)/t17-,18-,19?/m0/s1. The van der Waals surface area contributed by atoms with Gasteiger partial charge in [-0.1, -0.05) is 27.7 Å². The van der Waals surface area contributed by atoms with Crippen molar-refractivity contribution in [1.82, 2.24) is 15.5 Å². The topological polar surface area (TPSA) is 146 Å². The molecule has 0 aliphatic heterocycles. The number of nitrogens with zero attached hydrogens (tertiary/aromatic N) is 1. The Balaban J connectivity index is 5.78. The SMILES string of the molecule is CCOC(=O)C(C(C)C)N(C)C(=O)[C@H](CCC(=O)C=N)NC(=O)[C@H](CC(C)C)NC(C)=O. The smallest absolute Gasteiger partial charge is 0.329 e. The number of esters is 1. The Morgan fingerprint density at radius 3 is 2.06 bits per heavy atom. The first-order valence-electron chi connectivity index (χ1n) is 10.9. The van der Waals surface area contributed by atoms with Gasteiger partial charge in [0.05, 0.1) is 12.8 Å². The lowest BCUT2D eigenvalue weighted by Crippen LogP contribution is -2.57. The van der Waals surface area contributed by atoms with Crippen LogP contribution < -0.4 is 10.6 Å². The van der Waals surface area contributed by atoms with E-state index in [2.05, 4.69) is 10.6 Å².